The number of carbonyl (C=O) groups is 1. The summed E-state index contributed by atoms with van der Waals surface area (Å²) in [4.78, 5) is 12.0. The quantitative estimate of drug-likeness (QED) is 0.831. The molecule has 0 unspecified atom stereocenters. The Balaban J connectivity index is 2.07. The first kappa shape index (κ1) is 15.0. The second-order valence-corrected chi connectivity index (χ2v) is 5.41. The number of halogens is 3. The first-order valence-electron chi connectivity index (χ1n) is 5.74. The zero-order chi connectivity index (χ0) is 14.7. The molecule has 0 heterocycles. The molecule has 0 aliphatic carbocycles. The molecule has 6 heteroatoms. The lowest BCUT2D eigenvalue weighted by Crippen LogP contribution is -2.22. The minimum Gasteiger partial charge on any atom is -0.396 e. The van der Waals surface area contributed by atoms with Crippen molar-refractivity contribution in [1.29, 1.82) is 0 Å². The highest BCUT2D eigenvalue weighted by atomic mass is 35.5. The van der Waals surface area contributed by atoms with E-state index in [0.29, 0.717) is 17.1 Å². The third-order valence-corrected chi connectivity index (χ3v) is 3.58. The molecule has 20 heavy (non-hydrogen) atoms. The SMILES string of the molecule is Nc1c(Cl)cc(C(=O)NCc2ccc(Cl)cc2)cc1Cl. The summed E-state index contributed by atoms with van der Waals surface area (Å²) in [6.07, 6.45) is 0. The van der Waals surface area contributed by atoms with E-state index >= 15 is 0 Å². The lowest BCUT2D eigenvalue weighted by atomic mass is 10.1. The number of hydrogen-bond donors (Lipinski definition) is 2. The molecule has 3 nitrogen and oxygen atoms in total. The van der Waals surface area contributed by atoms with Gasteiger partial charge in [-0.05, 0) is 29.8 Å². The molecular formula is C14H11Cl3N2O. The minimum absolute atomic E-state index is 0.258. The maximum atomic E-state index is 12.0. The number of hydrogen-bond acceptors (Lipinski definition) is 2. The molecule has 2 rings (SSSR count). The maximum Gasteiger partial charge on any atom is 0.251 e. The number of rotatable bonds is 3. The highest BCUT2D eigenvalue weighted by molar-refractivity contribution is 6.39. The van der Waals surface area contributed by atoms with E-state index in [9.17, 15) is 4.79 Å². The van der Waals surface area contributed by atoms with E-state index in [1.807, 2.05) is 12.1 Å². The van der Waals surface area contributed by atoms with Gasteiger partial charge in [-0.15, -0.1) is 0 Å². The van der Waals surface area contributed by atoms with Crippen molar-refractivity contribution in [1.82, 2.24) is 5.32 Å². The number of nitrogens with two attached hydrogens (primary N) is 1. The van der Waals surface area contributed by atoms with Gasteiger partial charge in [0.15, 0.2) is 0 Å². The van der Waals surface area contributed by atoms with Gasteiger partial charge in [-0.1, -0.05) is 46.9 Å². The zero-order valence-corrected chi connectivity index (χ0v) is 12.6. The van der Waals surface area contributed by atoms with Crippen LogP contribution in [0.4, 0.5) is 5.69 Å². The predicted molar refractivity (Wildman–Crippen MR) is 83.5 cm³/mol. The number of nitrogens with one attached hydrogen (secondary N) is 1. The van der Waals surface area contributed by atoms with E-state index in [-0.39, 0.29) is 21.6 Å². The van der Waals surface area contributed by atoms with Crippen molar-refractivity contribution in [3.05, 3.63) is 62.6 Å². The van der Waals surface area contributed by atoms with Gasteiger partial charge in [0.25, 0.3) is 5.91 Å². The van der Waals surface area contributed by atoms with Crippen molar-refractivity contribution in [2.45, 2.75) is 6.54 Å². The fourth-order valence-electron chi connectivity index (χ4n) is 1.60. The third-order valence-electron chi connectivity index (χ3n) is 2.71. The number of nitrogen functional groups attached to an aromatic ring is 1. The molecule has 0 aliphatic heterocycles. The molecule has 2 aromatic carbocycles. The van der Waals surface area contributed by atoms with E-state index in [0.717, 1.165) is 5.56 Å². The molecule has 0 saturated carbocycles. The molecule has 0 saturated heterocycles. The van der Waals surface area contributed by atoms with E-state index in [1.54, 1.807) is 12.1 Å². The Labute approximate surface area is 131 Å². The van der Waals surface area contributed by atoms with Crippen LogP contribution in [0.5, 0.6) is 0 Å². The Morgan fingerprint density at radius 3 is 2.15 bits per heavy atom. The lowest BCUT2D eigenvalue weighted by Gasteiger charge is -2.08. The second kappa shape index (κ2) is 6.35. The topological polar surface area (TPSA) is 55.1 Å². The fraction of sp³-hybridized carbons (Fsp3) is 0.0714. The van der Waals surface area contributed by atoms with E-state index in [2.05, 4.69) is 5.32 Å². The van der Waals surface area contributed by atoms with Crippen LogP contribution in [0, 0.1) is 0 Å². The molecule has 3 N–H and O–H groups in total. The van der Waals surface area contributed by atoms with Gasteiger partial charge in [0.1, 0.15) is 0 Å². The number of benzene rings is 2. The Kier molecular flexibility index (Phi) is 4.76. The van der Waals surface area contributed by atoms with Crippen LogP contribution in [0.3, 0.4) is 0 Å². The Morgan fingerprint density at radius 2 is 1.60 bits per heavy atom. The smallest absolute Gasteiger partial charge is 0.251 e. The third kappa shape index (κ3) is 3.57. The van der Waals surface area contributed by atoms with E-state index < -0.39 is 0 Å². The van der Waals surface area contributed by atoms with Crippen molar-refractivity contribution < 1.29 is 4.79 Å². The van der Waals surface area contributed by atoms with Gasteiger partial charge < -0.3 is 11.1 Å². The number of anilines is 1. The molecule has 1 amide bonds. The van der Waals surface area contributed by atoms with Gasteiger partial charge >= 0.3 is 0 Å². The Morgan fingerprint density at radius 1 is 1.05 bits per heavy atom. The number of amides is 1. The number of carbonyl (C=O) groups excluding carboxylic acids is 1. The molecule has 0 aromatic heterocycles. The van der Waals surface area contributed by atoms with Crippen LogP contribution in [-0.2, 0) is 6.54 Å². The molecule has 2 aromatic rings. The fourth-order valence-corrected chi connectivity index (χ4v) is 2.22. The monoisotopic (exact) mass is 328 g/mol. The summed E-state index contributed by atoms with van der Waals surface area (Å²) in [5.74, 6) is -0.274. The van der Waals surface area contributed by atoms with Crippen LogP contribution in [0.2, 0.25) is 15.1 Å². The van der Waals surface area contributed by atoms with Gasteiger partial charge in [-0.25, -0.2) is 0 Å². The van der Waals surface area contributed by atoms with Crippen LogP contribution in [0.1, 0.15) is 15.9 Å². The molecule has 0 aliphatic rings. The highest BCUT2D eigenvalue weighted by Gasteiger charge is 2.11. The summed E-state index contributed by atoms with van der Waals surface area (Å²) in [6, 6.07) is 10.2. The normalized spacial score (nSPS) is 10.3. The summed E-state index contributed by atoms with van der Waals surface area (Å²) in [7, 11) is 0. The van der Waals surface area contributed by atoms with Gasteiger partial charge in [-0.2, -0.15) is 0 Å². The van der Waals surface area contributed by atoms with Crippen molar-refractivity contribution in [2.75, 3.05) is 5.73 Å². The van der Waals surface area contributed by atoms with E-state index in [1.165, 1.54) is 12.1 Å². The predicted octanol–water partition coefficient (Wildman–Crippen LogP) is 4.16. The van der Waals surface area contributed by atoms with Crippen LogP contribution in [0.25, 0.3) is 0 Å². The summed E-state index contributed by atoms with van der Waals surface area (Å²) in [6.45, 7) is 0.385. The van der Waals surface area contributed by atoms with Crippen molar-refractivity contribution in [3.8, 4) is 0 Å². The molecule has 0 bridgehead atoms. The molecular weight excluding hydrogens is 319 g/mol. The zero-order valence-electron chi connectivity index (χ0n) is 10.3. The van der Waals surface area contributed by atoms with Crippen LogP contribution < -0.4 is 11.1 Å². The lowest BCUT2D eigenvalue weighted by molar-refractivity contribution is 0.0951. The van der Waals surface area contributed by atoms with Crippen molar-refractivity contribution in [3.63, 3.8) is 0 Å². The van der Waals surface area contributed by atoms with Crippen molar-refractivity contribution in [2.24, 2.45) is 0 Å². The van der Waals surface area contributed by atoms with Gasteiger partial charge in [0, 0.05) is 17.1 Å². The first-order chi connectivity index (χ1) is 9.47. The summed E-state index contributed by atoms with van der Waals surface area (Å²) in [5, 5.41) is 3.94. The highest BCUT2D eigenvalue weighted by Crippen LogP contribution is 2.28. The van der Waals surface area contributed by atoms with Crippen molar-refractivity contribution >= 4 is 46.4 Å². The van der Waals surface area contributed by atoms with Crippen LogP contribution in [-0.4, -0.2) is 5.91 Å². The summed E-state index contributed by atoms with van der Waals surface area (Å²) >= 11 is 17.6. The van der Waals surface area contributed by atoms with Crippen LogP contribution >= 0.6 is 34.8 Å². The van der Waals surface area contributed by atoms with E-state index in [4.69, 9.17) is 40.5 Å². The summed E-state index contributed by atoms with van der Waals surface area (Å²) < 4.78 is 0. The van der Waals surface area contributed by atoms with Gasteiger partial charge in [0.2, 0.25) is 0 Å². The van der Waals surface area contributed by atoms with Gasteiger partial charge in [0.05, 0.1) is 15.7 Å². The average molecular weight is 330 g/mol. The average Bonchev–Trinajstić information content (AvgIpc) is 2.43. The standard InChI is InChI=1S/C14H11Cl3N2O/c15-10-3-1-8(2-4-10)7-19-14(20)9-5-11(16)13(18)12(17)6-9/h1-6H,7,18H2,(H,19,20). The maximum absolute atomic E-state index is 12.0. The molecule has 104 valence electrons. The molecule has 0 spiro atoms. The molecule has 0 fully saturated rings. The summed E-state index contributed by atoms with van der Waals surface area (Å²) in [5.41, 5.74) is 7.19. The first-order valence-corrected chi connectivity index (χ1v) is 6.88. The Hall–Kier alpha value is -1.42. The largest absolute Gasteiger partial charge is 0.396 e. The van der Waals surface area contributed by atoms with Crippen LogP contribution in [0.15, 0.2) is 36.4 Å². The minimum atomic E-state index is -0.274. The Bertz CT molecular complexity index is 618. The second-order valence-electron chi connectivity index (χ2n) is 4.16. The van der Waals surface area contributed by atoms with Gasteiger partial charge in [-0.3, -0.25) is 4.79 Å². The molecule has 0 atom stereocenters. The molecule has 0 radical (unpaired) electrons.